The number of hydrogen-bond acceptors (Lipinski definition) is 3. The van der Waals surface area contributed by atoms with Crippen molar-refractivity contribution in [3.05, 3.63) is 34.1 Å². The summed E-state index contributed by atoms with van der Waals surface area (Å²) in [6, 6.07) is 4.38. The Hall–Kier alpha value is -1.47. The number of carbonyl (C=O) groups is 2. The van der Waals surface area contributed by atoms with Crippen molar-refractivity contribution < 1.29 is 23.8 Å². The minimum atomic E-state index is -1.29. The summed E-state index contributed by atoms with van der Waals surface area (Å²) in [6.45, 7) is 0.582. The number of carboxylic acid groups (broad SMARTS) is 1. The summed E-state index contributed by atoms with van der Waals surface area (Å²) in [5.74, 6) is -1.97. The molecule has 0 atom stereocenters. The van der Waals surface area contributed by atoms with Gasteiger partial charge in [0.1, 0.15) is 11.4 Å². The fourth-order valence-corrected chi connectivity index (χ4v) is 2.50. The molecule has 1 aliphatic heterocycles. The van der Waals surface area contributed by atoms with Gasteiger partial charge in [0.05, 0.1) is 10.9 Å². The number of ether oxygens (including phenoxy) is 1. The summed E-state index contributed by atoms with van der Waals surface area (Å²) in [6.07, 6.45) is 0.381. The summed E-state index contributed by atoms with van der Waals surface area (Å²) < 4.78 is 18.9. The van der Waals surface area contributed by atoms with E-state index in [4.69, 9.17) is 4.74 Å². The van der Waals surface area contributed by atoms with Crippen LogP contribution in [0.3, 0.4) is 0 Å². The lowest BCUT2D eigenvalue weighted by molar-refractivity contribution is -0.152. The zero-order valence-electron chi connectivity index (χ0n) is 11.2. The highest BCUT2D eigenvalue weighted by Gasteiger charge is 2.41. The van der Waals surface area contributed by atoms with Crippen LogP contribution in [-0.4, -0.2) is 35.7 Å². The Bertz CT molecular complexity index is 558. The molecule has 0 unspecified atom stereocenters. The first kappa shape index (κ1) is 15.9. The van der Waals surface area contributed by atoms with E-state index in [1.165, 1.54) is 12.1 Å². The Morgan fingerprint density at radius 1 is 1.38 bits per heavy atom. The van der Waals surface area contributed by atoms with Gasteiger partial charge in [0, 0.05) is 26.1 Å². The Morgan fingerprint density at radius 2 is 2.05 bits per heavy atom. The monoisotopic (exact) mass is 359 g/mol. The third kappa shape index (κ3) is 3.79. The van der Waals surface area contributed by atoms with Crippen molar-refractivity contribution in [1.29, 1.82) is 0 Å². The van der Waals surface area contributed by atoms with E-state index in [0.29, 0.717) is 23.2 Å². The lowest BCUT2D eigenvalue weighted by Crippen LogP contribution is -2.57. The van der Waals surface area contributed by atoms with Crippen LogP contribution in [-0.2, 0) is 20.7 Å². The van der Waals surface area contributed by atoms with Gasteiger partial charge in [0.2, 0.25) is 5.91 Å². The average Bonchev–Trinajstić information content (AvgIpc) is 2.43. The second kappa shape index (κ2) is 6.53. The predicted octanol–water partition coefficient (Wildman–Crippen LogP) is 1.88. The molecule has 1 aromatic carbocycles. The molecule has 0 radical (unpaired) electrons. The van der Waals surface area contributed by atoms with E-state index >= 15 is 0 Å². The molecule has 0 saturated carbocycles. The number of carboxylic acids is 1. The van der Waals surface area contributed by atoms with Gasteiger partial charge in [-0.3, -0.25) is 4.79 Å². The summed E-state index contributed by atoms with van der Waals surface area (Å²) in [4.78, 5) is 23.5. The first-order valence-electron chi connectivity index (χ1n) is 6.49. The summed E-state index contributed by atoms with van der Waals surface area (Å²) in [5, 5.41) is 11.9. The summed E-state index contributed by atoms with van der Waals surface area (Å²) in [7, 11) is 0. The number of nitrogens with one attached hydrogen (secondary N) is 1. The fourth-order valence-electron chi connectivity index (χ4n) is 2.26. The molecule has 1 amide bonds. The number of rotatable bonds is 4. The highest BCUT2D eigenvalue weighted by Crippen LogP contribution is 2.22. The first-order chi connectivity index (χ1) is 9.93. The Labute approximate surface area is 129 Å². The van der Waals surface area contributed by atoms with Gasteiger partial charge in [0.15, 0.2) is 0 Å². The van der Waals surface area contributed by atoms with E-state index in [9.17, 15) is 19.1 Å². The van der Waals surface area contributed by atoms with Crippen molar-refractivity contribution in [3.63, 3.8) is 0 Å². The summed E-state index contributed by atoms with van der Waals surface area (Å²) in [5.41, 5.74) is -0.802. The molecule has 2 N–H and O–H groups in total. The van der Waals surface area contributed by atoms with Crippen LogP contribution in [0.15, 0.2) is 22.7 Å². The molecule has 0 spiro atoms. The third-order valence-electron chi connectivity index (χ3n) is 3.48. The van der Waals surface area contributed by atoms with Gasteiger partial charge in [-0.15, -0.1) is 0 Å². The van der Waals surface area contributed by atoms with Gasteiger partial charge >= 0.3 is 5.97 Å². The number of benzene rings is 1. The maximum absolute atomic E-state index is 13.4. The molecule has 114 valence electrons. The second-order valence-corrected chi connectivity index (χ2v) is 5.83. The molecule has 1 aliphatic rings. The SMILES string of the molecule is O=C(Cc1ccc(Br)c(F)c1)NC1(C(=O)O)CCOCC1. The highest BCUT2D eigenvalue weighted by molar-refractivity contribution is 9.10. The molecule has 1 aromatic rings. The minimum Gasteiger partial charge on any atom is -0.480 e. The van der Waals surface area contributed by atoms with Gasteiger partial charge in [-0.2, -0.15) is 0 Å². The van der Waals surface area contributed by atoms with Crippen molar-refractivity contribution in [2.75, 3.05) is 13.2 Å². The number of halogens is 2. The van der Waals surface area contributed by atoms with Gasteiger partial charge < -0.3 is 15.2 Å². The first-order valence-corrected chi connectivity index (χ1v) is 7.28. The van der Waals surface area contributed by atoms with Crippen LogP contribution in [0.2, 0.25) is 0 Å². The summed E-state index contributed by atoms with van der Waals surface area (Å²) >= 11 is 3.04. The number of amides is 1. The smallest absolute Gasteiger partial charge is 0.329 e. The van der Waals surface area contributed by atoms with Gasteiger partial charge in [-0.1, -0.05) is 6.07 Å². The van der Waals surface area contributed by atoms with Crippen LogP contribution >= 0.6 is 15.9 Å². The van der Waals surface area contributed by atoms with Crippen molar-refractivity contribution in [1.82, 2.24) is 5.32 Å². The number of hydrogen-bond donors (Lipinski definition) is 2. The Balaban J connectivity index is 2.05. The van der Waals surface area contributed by atoms with Crippen LogP contribution in [0.25, 0.3) is 0 Å². The van der Waals surface area contributed by atoms with Crippen molar-refractivity contribution >= 4 is 27.8 Å². The molecule has 1 saturated heterocycles. The maximum atomic E-state index is 13.4. The van der Waals surface area contributed by atoms with Gasteiger partial charge in [-0.05, 0) is 33.6 Å². The molecule has 1 heterocycles. The average molecular weight is 360 g/mol. The van der Waals surface area contributed by atoms with Crippen molar-refractivity contribution in [2.45, 2.75) is 24.8 Å². The third-order valence-corrected chi connectivity index (χ3v) is 4.13. The Kier molecular flexibility index (Phi) is 4.95. The van der Waals surface area contributed by atoms with Crippen molar-refractivity contribution in [3.8, 4) is 0 Å². The normalized spacial score (nSPS) is 17.2. The van der Waals surface area contributed by atoms with Crippen molar-refractivity contribution in [2.24, 2.45) is 0 Å². The second-order valence-electron chi connectivity index (χ2n) is 4.97. The lowest BCUT2D eigenvalue weighted by atomic mass is 9.90. The predicted molar refractivity (Wildman–Crippen MR) is 76.4 cm³/mol. The van der Waals surface area contributed by atoms with Crippen LogP contribution in [0.4, 0.5) is 4.39 Å². The van der Waals surface area contributed by atoms with E-state index in [1.54, 1.807) is 6.07 Å². The topological polar surface area (TPSA) is 75.6 Å². The molecule has 21 heavy (non-hydrogen) atoms. The molecule has 0 aliphatic carbocycles. The van der Waals surface area contributed by atoms with Crippen LogP contribution in [0.1, 0.15) is 18.4 Å². The maximum Gasteiger partial charge on any atom is 0.329 e. The van der Waals surface area contributed by atoms with E-state index < -0.39 is 23.2 Å². The molecule has 0 aromatic heterocycles. The van der Waals surface area contributed by atoms with E-state index in [1.807, 2.05) is 0 Å². The molecule has 5 nitrogen and oxygen atoms in total. The van der Waals surface area contributed by atoms with E-state index in [0.717, 1.165) is 0 Å². The quantitative estimate of drug-likeness (QED) is 0.860. The molecule has 2 rings (SSSR count). The van der Waals surface area contributed by atoms with E-state index in [2.05, 4.69) is 21.2 Å². The van der Waals surface area contributed by atoms with Crippen LogP contribution in [0, 0.1) is 5.82 Å². The molecule has 1 fully saturated rings. The minimum absolute atomic E-state index is 0.0694. The zero-order chi connectivity index (χ0) is 15.5. The number of carbonyl (C=O) groups excluding carboxylic acids is 1. The number of aliphatic carboxylic acids is 1. The zero-order valence-corrected chi connectivity index (χ0v) is 12.8. The molecular weight excluding hydrogens is 345 g/mol. The molecule has 0 bridgehead atoms. The van der Waals surface area contributed by atoms with E-state index in [-0.39, 0.29) is 19.3 Å². The molecular formula is C14H15BrFNO4. The standard InChI is InChI=1S/C14H15BrFNO4/c15-10-2-1-9(7-11(10)16)8-12(18)17-14(13(19)20)3-5-21-6-4-14/h1-2,7H,3-6,8H2,(H,17,18)(H,19,20). The molecule has 7 heteroatoms. The fraction of sp³-hybridized carbons (Fsp3) is 0.429. The van der Waals surface area contributed by atoms with Crippen LogP contribution in [0.5, 0.6) is 0 Å². The van der Waals surface area contributed by atoms with Crippen LogP contribution < -0.4 is 5.32 Å². The Morgan fingerprint density at radius 3 is 2.62 bits per heavy atom. The van der Waals surface area contributed by atoms with Gasteiger partial charge in [0.25, 0.3) is 0 Å². The highest BCUT2D eigenvalue weighted by atomic mass is 79.9. The van der Waals surface area contributed by atoms with Gasteiger partial charge in [-0.25, -0.2) is 9.18 Å². The largest absolute Gasteiger partial charge is 0.480 e. The lowest BCUT2D eigenvalue weighted by Gasteiger charge is -2.33.